The van der Waals surface area contributed by atoms with E-state index in [0.717, 1.165) is 18.7 Å². The van der Waals surface area contributed by atoms with Gasteiger partial charge in [0.1, 0.15) is 12.4 Å². The van der Waals surface area contributed by atoms with Crippen molar-refractivity contribution in [1.29, 1.82) is 0 Å². The number of benzene rings is 1. The highest BCUT2D eigenvalue weighted by Crippen LogP contribution is 2.09. The Morgan fingerprint density at radius 1 is 1.29 bits per heavy atom. The molecule has 0 amide bonds. The third kappa shape index (κ3) is 6.12. The van der Waals surface area contributed by atoms with Crippen LogP contribution in [0, 0.1) is 0 Å². The molecule has 94 valence electrons. The van der Waals surface area contributed by atoms with Crippen LogP contribution in [-0.4, -0.2) is 19.2 Å². The molecule has 0 saturated heterocycles. The Bertz CT molecular complexity index is 328. The van der Waals surface area contributed by atoms with Gasteiger partial charge < -0.3 is 10.1 Å². The minimum atomic E-state index is 0.292. The van der Waals surface area contributed by atoms with Gasteiger partial charge in [-0.1, -0.05) is 36.8 Å². The van der Waals surface area contributed by atoms with Crippen LogP contribution in [0.5, 0.6) is 5.75 Å². The van der Waals surface area contributed by atoms with Gasteiger partial charge in [-0.15, -0.1) is 0 Å². The molecule has 2 heteroatoms. The molecule has 0 fully saturated rings. The van der Waals surface area contributed by atoms with Crippen molar-refractivity contribution < 1.29 is 4.74 Å². The maximum Gasteiger partial charge on any atom is 0.119 e. The van der Waals surface area contributed by atoms with Crippen molar-refractivity contribution in [2.75, 3.05) is 13.2 Å². The molecular weight excluding hydrogens is 210 g/mol. The number of hydrogen-bond acceptors (Lipinski definition) is 2. The van der Waals surface area contributed by atoms with E-state index in [9.17, 15) is 0 Å². The Balaban J connectivity index is 2.46. The van der Waals surface area contributed by atoms with Gasteiger partial charge in [-0.2, -0.15) is 0 Å². The second-order valence-electron chi connectivity index (χ2n) is 4.43. The number of ether oxygens (including phenoxy) is 1. The van der Waals surface area contributed by atoms with Crippen molar-refractivity contribution >= 4 is 0 Å². The number of para-hydroxylation sites is 1. The summed E-state index contributed by atoms with van der Waals surface area (Å²) < 4.78 is 5.76. The van der Waals surface area contributed by atoms with Gasteiger partial charge >= 0.3 is 0 Å². The van der Waals surface area contributed by atoms with E-state index in [0.29, 0.717) is 12.6 Å². The van der Waals surface area contributed by atoms with Gasteiger partial charge in [-0.05, 0) is 38.9 Å². The average molecular weight is 233 g/mol. The average Bonchev–Trinajstić information content (AvgIpc) is 2.33. The Hall–Kier alpha value is -1.28. The van der Waals surface area contributed by atoms with Crippen LogP contribution < -0.4 is 10.1 Å². The molecule has 0 aromatic heterocycles. The monoisotopic (exact) mass is 233 g/mol. The van der Waals surface area contributed by atoms with Crippen molar-refractivity contribution in [1.82, 2.24) is 5.32 Å². The molecule has 1 unspecified atom stereocenters. The molecule has 0 aliphatic heterocycles. The summed E-state index contributed by atoms with van der Waals surface area (Å²) in [6.07, 6.45) is 3.36. The number of hydrogen-bond donors (Lipinski definition) is 1. The van der Waals surface area contributed by atoms with Gasteiger partial charge in [0.2, 0.25) is 0 Å². The minimum Gasteiger partial charge on any atom is -0.492 e. The first-order valence-electron chi connectivity index (χ1n) is 6.28. The van der Waals surface area contributed by atoms with E-state index in [1.807, 2.05) is 30.3 Å². The fourth-order valence-corrected chi connectivity index (χ4v) is 1.60. The van der Waals surface area contributed by atoms with Crippen molar-refractivity contribution in [3.05, 3.63) is 42.0 Å². The smallest absolute Gasteiger partial charge is 0.119 e. The zero-order valence-electron chi connectivity index (χ0n) is 11.1. The lowest BCUT2D eigenvalue weighted by Gasteiger charge is -2.16. The first-order chi connectivity index (χ1) is 8.22. The molecular formula is C15H23NO. The van der Waals surface area contributed by atoms with Gasteiger partial charge in [0, 0.05) is 0 Å². The van der Waals surface area contributed by atoms with Gasteiger partial charge in [-0.25, -0.2) is 0 Å². The Kier molecular flexibility index (Phi) is 6.41. The second-order valence-corrected chi connectivity index (χ2v) is 4.43. The zero-order chi connectivity index (χ0) is 12.5. The Morgan fingerprint density at radius 3 is 2.59 bits per heavy atom. The summed E-state index contributed by atoms with van der Waals surface area (Å²) in [5.41, 5.74) is 1.32. The maximum absolute atomic E-state index is 5.76. The third-order valence-corrected chi connectivity index (χ3v) is 2.36. The highest BCUT2D eigenvalue weighted by atomic mass is 16.5. The molecule has 2 nitrogen and oxygen atoms in total. The molecule has 0 saturated carbocycles. The van der Waals surface area contributed by atoms with E-state index in [1.54, 1.807) is 0 Å². The topological polar surface area (TPSA) is 21.3 Å². The molecule has 1 rings (SSSR count). The van der Waals surface area contributed by atoms with Crippen LogP contribution in [-0.2, 0) is 0 Å². The number of rotatable bonds is 7. The molecule has 1 aromatic rings. The van der Waals surface area contributed by atoms with Gasteiger partial charge in [-0.3, -0.25) is 0 Å². The van der Waals surface area contributed by atoms with Gasteiger partial charge in [0.15, 0.2) is 0 Å². The van der Waals surface area contributed by atoms with Crippen LogP contribution in [0.2, 0.25) is 0 Å². The molecule has 0 aliphatic carbocycles. The summed E-state index contributed by atoms with van der Waals surface area (Å²) in [5, 5.41) is 3.47. The molecule has 1 aromatic carbocycles. The Labute approximate surface area is 105 Å². The fourth-order valence-electron chi connectivity index (χ4n) is 1.60. The van der Waals surface area contributed by atoms with Crippen molar-refractivity contribution in [2.24, 2.45) is 0 Å². The first kappa shape index (κ1) is 13.8. The van der Waals surface area contributed by atoms with E-state index >= 15 is 0 Å². The van der Waals surface area contributed by atoms with E-state index < -0.39 is 0 Å². The highest BCUT2D eigenvalue weighted by molar-refractivity contribution is 5.21. The highest BCUT2D eigenvalue weighted by Gasteiger charge is 2.04. The maximum atomic E-state index is 5.76. The second kappa shape index (κ2) is 7.91. The number of nitrogens with one attached hydrogen (secondary N) is 1. The molecule has 0 bridgehead atoms. The molecule has 17 heavy (non-hydrogen) atoms. The Morgan fingerprint density at radius 2 is 2.00 bits per heavy atom. The largest absolute Gasteiger partial charge is 0.492 e. The van der Waals surface area contributed by atoms with E-state index in [1.165, 1.54) is 5.57 Å². The zero-order valence-corrected chi connectivity index (χ0v) is 11.1. The standard InChI is InChI=1S/C15H23NO/c1-4-10-16-14(11-13(2)3)12-17-15-8-6-5-7-9-15/h5-9,11,14,16H,4,10,12H2,1-3H3. The van der Waals surface area contributed by atoms with Crippen LogP contribution in [0.25, 0.3) is 0 Å². The summed E-state index contributed by atoms with van der Waals surface area (Å²) in [4.78, 5) is 0. The predicted octanol–water partition coefficient (Wildman–Crippen LogP) is 3.40. The van der Waals surface area contributed by atoms with Crippen molar-refractivity contribution in [2.45, 2.75) is 33.2 Å². The summed E-state index contributed by atoms with van der Waals surface area (Å²) in [6, 6.07) is 10.2. The predicted molar refractivity (Wildman–Crippen MR) is 73.4 cm³/mol. The third-order valence-electron chi connectivity index (χ3n) is 2.36. The minimum absolute atomic E-state index is 0.292. The lowest BCUT2D eigenvalue weighted by Crippen LogP contribution is -2.33. The quantitative estimate of drug-likeness (QED) is 0.729. The van der Waals surface area contributed by atoms with Crippen LogP contribution in [0.4, 0.5) is 0 Å². The van der Waals surface area contributed by atoms with Gasteiger partial charge in [0.25, 0.3) is 0 Å². The van der Waals surface area contributed by atoms with Crippen LogP contribution in [0.3, 0.4) is 0 Å². The summed E-state index contributed by atoms with van der Waals surface area (Å²) in [6.45, 7) is 8.10. The van der Waals surface area contributed by atoms with Gasteiger partial charge in [0.05, 0.1) is 6.04 Å². The molecule has 1 N–H and O–H groups in total. The first-order valence-corrected chi connectivity index (χ1v) is 6.28. The van der Waals surface area contributed by atoms with Crippen LogP contribution in [0.15, 0.2) is 42.0 Å². The normalized spacial score (nSPS) is 11.9. The van der Waals surface area contributed by atoms with Crippen molar-refractivity contribution in [3.8, 4) is 5.75 Å². The lowest BCUT2D eigenvalue weighted by atomic mass is 10.2. The van der Waals surface area contributed by atoms with E-state index in [2.05, 4.69) is 32.2 Å². The van der Waals surface area contributed by atoms with Crippen molar-refractivity contribution in [3.63, 3.8) is 0 Å². The number of allylic oxidation sites excluding steroid dienone is 1. The summed E-state index contributed by atoms with van der Waals surface area (Å²) >= 11 is 0. The SMILES string of the molecule is CCCNC(C=C(C)C)COc1ccccc1. The molecule has 0 aliphatic rings. The molecule has 1 atom stereocenters. The lowest BCUT2D eigenvalue weighted by molar-refractivity contribution is 0.286. The molecule has 0 radical (unpaired) electrons. The van der Waals surface area contributed by atoms with Crippen LogP contribution >= 0.6 is 0 Å². The fraction of sp³-hybridized carbons (Fsp3) is 0.467. The van der Waals surface area contributed by atoms with Crippen LogP contribution in [0.1, 0.15) is 27.2 Å². The van der Waals surface area contributed by atoms with E-state index in [4.69, 9.17) is 4.74 Å². The summed E-state index contributed by atoms with van der Waals surface area (Å²) in [5.74, 6) is 0.929. The summed E-state index contributed by atoms with van der Waals surface area (Å²) in [7, 11) is 0. The van der Waals surface area contributed by atoms with E-state index in [-0.39, 0.29) is 0 Å². The molecule has 0 spiro atoms. The molecule has 0 heterocycles.